The molecule has 1 fully saturated rings. The zero-order valence-corrected chi connectivity index (χ0v) is 9.59. The Hall–Kier alpha value is -0.540. The molecule has 1 aromatic carbocycles. The van der Waals surface area contributed by atoms with E-state index in [-0.39, 0.29) is 0 Å². The summed E-state index contributed by atoms with van der Waals surface area (Å²) in [5, 5.41) is 0. The van der Waals surface area contributed by atoms with Crippen molar-refractivity contribution in [1.82, 2.24) is 0 Å². The summed E-state index contributed by atoms with van der Waals surface area (Å²) in [4.78, 5) is 0. The number of anilines is 1. The Morgan fingerprint density at radius 1 is 1.50 bits per heavy atom. The number of hydrogen-bond acceptors (Lipinski definition) is 2. The molecule has 0 bridgehead atoms. The van der Waals surface area contributed by atoms with Crippen molar-refractivity contribution in [3.63, 3.8) is 0 Å². The summed E-state index contributed by atoms with van der Waals surface area (Å²) in [5.74, 6) is 0.651. The van der Waals surface area contributed by atoms with Crippen molar-refractivity contribution in [3.05, 3.63) is 28.2 Å². The van der Waals surface area contributed by atoms with Crippen molar-refractivity contribution in [2.45, 2.75) is 12.8 Å². The normalized spacial score (nSPS) is 21.4. The van der Waals surface area contributed by atoms with Crippen LogP contribution in [0.4, 0.5) is 5.69 Å². The minimum Gasteiger partial charge on any atom is -0.398 e. The Labute approximate surface area is 92.6 Å². The summed E-state index contributed by atoms with van der Waals surface area (Å²) >= 11 is 3.40. The first-order valence-corrected chi connectivity index (χ1v) is 5.66. The fraction of sp³-hybridized carbons (Fsp3) is 0.455. The zero-order chi connectivity index (χ0) is 9.97. The minimum absolute atomic E-state index is 0.651. The highest BCUT2D eigenvalue weighted by Crippen LogP contribution is 2.24. The van der Waals surface area contributed by atoms with E-state index >= 15 is 0 Å². The van der Waals surface area contributed by atoms with Crippen molar-refractivity contribution in [2.24, 2.45) is 5.92 Å². The predicted molar refractivity (Wildman–Crippen MR) is 61.2 cm³/mol. The highest BCUT2D eigenvalue weighted by atomic mass is 79.9. The number of halogens is 1. The number of hydrogen-bond donors (Lipinski definition) is 1. The van der Waals surface area contributed by atoms with E-state index in [9.17, 15) is 0 Å². The second kappa shape index (κ2) is 4.32. The molecule has 1 unspecified atom stereocenters. The van der Waals surface area contributed by atoms with Gasteiger partial charge in [0.1, 0.15) is 0 Å². The van der Waals surface area contributed by atoms with Gasteiger partial charge in [0, 0.05) is 23.4 Å². The van der Waals surface area contributed by atoms with Crippen LogP contribution in [-0.4, -0.2) is 13.2 Å². The monoisotopic (exact) mass is 255 g/mol. The van der Waals surface area contributed by atoms with Gasteiger partial charge in [0.05, 0.1) is 0 Å². The molecule has 1 aliphatic heterocycles. The lowest BCUT2D eigenvalue weighted by Gasteiger charge is -2.10. The molecule has 0 aliphatic carbocycles. The van der Waals surface area contributed by atoms with Gasteiger partial charge in [-0.1, -0.05) is 22.0 Å². The first-order chi connectivity index (χ1) is 6.75. The summed E-state index contributed by atoms with van der Waals surface area (Å²) in [6, 6.07) is 6.10. The lowest BCUT2D eigenvalue weighted by Crippen LogP contribution is -2.05. The third-order valence-electron chi connectivity index (χ3n) is 2.64. The van der Waals surface area contributed by atoms with Gasteiger partial charge in [-0.2, -0.15) is 0 Å². The third kappa shape index (κ3) is 2.28. The Kier molecular flexibility index (Phi) is 3.08. The smallest absolute Gasteiger partial charge is 0.0498 e. The summed E-state index contributed by atoms with van der Waals surface area (Å²) in [5.41, 5.74) is 8.05. The van der Waals surface area contributed by atoms with Gasteiger partial charge in [-0.25, -0.2) is 0 Å². The lowest BCUT2D eigenvalue weighted by atomic mass is 9.98. The molecule has 1 aromatic rings. The summed E-state index contributed by atoms with van der Waals surface area (Å²) < 4.78 is 6.39. The lowest BCUT2D eigenvalue weighted by molar-refractivity contribution is 0.186. The van der Waals surface area contributed by atoms with E-state index in [2.05, 4.69) is 22.0 Å². The molecule has 1 aliphatic rings. The molecule has 2 N–H and O–H groups in total. The van der Waals surface area contributed by atoms with Gasteiger partial charge in [0.25, 0.3) is 0 Å². The second-order valence-corrected chi connectivity index (χ2v) is 4.69. The summed E-state index contributed by atoms with van der Waals surface area (Å²) in [7, 11) is 0. The van der Waals surface area contributed by atoms with E-state index in [1.165, 1.54) is 5.56 Å². The molecule has 1 saturated heterocycles. The van der Waals surface area contributed by atoms with Crippen molar-refractivity contribution < 1.29 is 4.74 Å². The van der Waals surface area contributed by atoms with E-state index in [0.717, 1.165) is 36.2 Å². The second-order valence-electron chi connectivity index (χ2n) is 3.78. The number of rotatable bonds is 2. The van der Waals surface area contributed by atoms with Crippen molar-refractivity contribution in [1.29, 1.82) is 0 Å². The molecule has 0 amide bonds. The van der Waals surface area contributed by atoms with Crippen LogP contribution in [0.15, 0.2) is 22.7 Å². The van der Waals surface area contributed by atoms with Gasteiger partial charge in [0.2, 0.25) is 0 Å². The fourth-order valence-corrected chi connectivity index (χ4v) is 2.19. The number of nitrogen functional groups attached to an aromatic ring is 1. The molecule has 0 spiro atoms. The maximum Gasteiger partial charge on any atom is 0.0498 e. The molecular weight excluding hydrogens is 242 g/mol. The largest absolute Gasteiger partial charge is 0.398 e. The number of benzene rings is 1. The maximum absolute atomic E-state index is 5.93. The van der Waals surface area contributed by atoms with Crippen LogP contribution in [0, 0.1) is 5.92 Å². The molecule has 2 nitrogen and oxygen atoms in total. The highest BCUT2D eigenvalue weighted by molar-refractivity contribution is 9.10. The molecule has 1 heterocycles. The Morgan fingerprint density at radius 2 is 2.36 bits per heavy atom. The van der Waals surface area contributed by atoms with E-state index in [1.807, 2.05) is 12.1 Å². The minimum atomic E-state index is 0.651. The molecule has 1 atom stereocenters. The molecule has 14 heavy (non-hydrogen) atoms. The first-order valence-electron chi connectivity index (χ1n) is 4.87. The average molecular weight is 256 g/mol. The van der Waals surface area contributed by atoms with Gasteiger partial charge in [-0.15, -0.1) is 0 Å². The maximum atomic E-state index is 5.93. The van der Waals surface area contributed by atoms with Gasteiger partial charge in [0.15, 0.2) is 0 Å². The van der Waals surface area contributed by atoms with Crippen molar-refractivity contribution in [3.8, 4) is 0 Å². The van der Waals surface area contributed by atoms with E-state index in [1.54, 1.807) is 0 Å². The molecular formula is C11H14BrNO. The van der Waals surface area contributed by atoms with Gasteiger partial charge in [-0.3, -0.25) is 0 Å². The highest BCUT2D eigenvalue weighted by Gasteiger charge is 2.16. The van der Waals surface area contributed by atoms with E-state index < -0.39 is 0 Å². The molecule has 0 radical (unpaired) electrons. The van der Waals surface area contributed by atoms with Crippen LogP contribution < -0.4 is 5.73 Å². The molecule has 0 aromatic heterocycles. The summed E-state index contributed by atoms with van der Waals surface area (Å²) in [6.07, 6.45) is 2.20. The summed E-state index contributed by atoms with van der Waals surface area (Å²) in [6.45, 7) is 1.79. The van der Waals surface area contributed by atoms with Crippen LogP contribution in [0.25, 0.3) is 0 Å². The van der Waals surface area contributed by atoms with E-state index in [4.69, 9.17) is 10.5 Å². The Morgan fingerprint density at radius 3 is 3.00 bits per heavy atom. The van der Waals surface area contributed by atoms with Crippen molar-refractivity contribution in [2.75, 3.05) is 18.9 Å². The van der Waals surface area contributed by atoms with Gasteiger partial charge in [-0.05, 0) is 36.5 Å². The van der Waals surface area contributed by atoms with Crippen LogP contribution in [0.1, 0.15) is 12.0 Å². The van der Waals surface area contributed by atoms with Gasteiger partial charge < -0.3 is 10.5 Å². The quantitative estimate of drug-likeness (QED) is 0.825. The van der Waals surface area contributed by atoms with Crippen LogP contribution >= 0.6 is 15.9 Å². The topological polar surface area (TPSA) is 35.2 Å². The molecule has 0 saturated carbocycles. The standard InChI is InChI=1S/C11H14BrNO/c12-10-2-1-9(11(13)6-10)5-8-3-4-14-7-8/h1-2,6,8H,3-5,7,13H2. The number of nitrogens with two attached hydrogens (primary N) is 1. The van der Waals surface area contributed by atoms with E-state index in [0.29, 0.717) is 5.92 Å². The van der Waals surface area contributed by atoms with Crippen LogP contribution in [0.2, 0.25) is 0 Å². The third-order valence-corrected chi connectivity index (χ3v) is 3.13. The first kappa shape index (κ1) is 9.99. The Balaban J connectivity index is 2.08. The van der Waals surface area contributed by atoms with Gasteiger partial charge >= 0.3 is 0 Å². The van der Waals surface area contributed by atoms with Crippen LogP contribution in [-0.2, 0) is 11.2 Å². The SMILES string of the molecule is Nc1cc(Br)ccc1CC1CCOC1. The fourth-order valence-electron chi connectivity index (χ4n) is 1.81. The predicted octanol–water partition coefficient (Wildman–Crippen LogP) is 2.61. The average Bonchev–Trinajstić information content (AvgIpc) is 2.62. The molecule has 3 heteroatoms. The van der Waals surface area contributed by atoms with Crippen molar-refractivity contribution >= 4 is 21.6 Å². The number of ether oxygens (including phenoxy) is 1. The molecule has 2 rings (SSSR count). The molecule has 76 valence electrons. The Bertz CT molecular complexity index is 321. The zero-order valence-electron chi connectivity index (χ0n) is 8.00. The van der Waals surface area contributed by atoms with Crippen LogP contribution in [0.5, 0.6) is 0 Å². The van der Waals surface area contributed by atoms with Crippen LogP contribution in [0.3, 0.4) is 0 Å².